The van der Waals surface area contributed by atoms with E-state index in [1.165, 1.54) is 30.5 Å². The Morgan fingerprint density at radius 2 is 1.73 bits per heavy atom. The van der Waals surface area contributed by atoms with Gasteiger partial charge in [-0.25, -0.2) is 27.2 Å². The zero-order chi connectivity index (χ0) is 26.2. The van der Waals surface area contributed by atoms with Crippen molar-refractivity contribution in [2.75, 3.05) is 6.26 Å². The Labute approximate surface area is 213 Å². The molecule has 0 saturated heterocycles. The van der Waals surface area contributed by atoms with E-state index in [1.54, 1.807) is 24.5 Å². The van der Waals surface area contributed by atoms with Crippen molar-refractivity contribution in [1.82, 2.24) is 25.1 Å². The van der Waals surface area contributed by atoms with Crippen molar-refractivity contribution in [3.05, 3.63) is 83.6 Å². The fourth-order valence-corrected chi connectivity index (χ4v) is 6.78. The van der Waals surface area contributed by atoms with Gasteiger partial charge in [0.2, 0.25) is 0 Å². The van der Waals surface area contributed by atoms with Gasteiger partial charge >= 0.3 is 0 Å². The van der Waals surface area contributed by atoms with Crippen molar-refractivity contribution < 1.29 is 17.2 Å². The molecule has 2 atom stereocenters. The second-order valence-corrected chi connectivity index (χ2v) is 12.3. The molecule has 2 aliphatic carbocycles. The summed E-state index contributed by atoms with van der Waals surface area (Å²) in [5.41, 5.74) is 2.70. The number of aromatic nitrogens is 5. The summed E-state index contributed by atoms with van der Waals surface area (Å²) in [5, 5.41) is 8.81. The van der Waals surface area contributed by atoms with Gasteiger partial charge in [-0.15, -0.1) is 5.10 Å². The lowest BCUT2D eigenvalue weighted by molar-refractivity contribution is 0.242. The van der Waals surface area contributed by atoms with Crippen molar-refractivity contribution in [1.29, 1.82) is 0 Å². The third-order valence-electron chi connectivity index (χ3n) is 8.08. The predicted molar refractivity (Wildman–Crippen MR) is 132 cm³/mol. The maximum Gasteiger partial charge on any atom is 0.192 e. The highest BCUT2D eigenvalue weighted by molar-refractivity contribution is 7.90. The van der Waals surface area contributed by atoms with E-state index in [9.17, 15) is 17.2 Å². The number of rotatable bonds is 4. The zero-order valence-corrected chi connectivity index (χ0v) is 21.2. The smallest absolute Gasteiger partial charge is 0.192 e. The highest BCUT2D eigenvalue weighted by Gasteiger charge is 2.65. The van der Waals surface area contributed by atoms with E-state index >= 15 is 0 Å². The Morgan fingerprint density at radius 3 is 2.41 bits per heavy atom. The molecule has 0 N–H and O–H groups in total. The molecule has 3 aromatic heterocycles. The molecule has 188 valence electrons. The molecule has 1 saturated carbocycles. The first-order chi connectivity index (χ1) is 17.5. The van der Waals surface area contributed by atoms with Crippen LogP contribution in [0.4, 0.5) is 8.78 Å². The third kappa shape index (κ3) is 3.34. The minimum atomic E-state index is -3.42. The minimum absolute atomic E-state index is 0.0131. The van der Waals surface area contributed by atoms with Crippen molar-refractivity contribution in [3.8, 4) is 22.5 Å². The van der Waals surface area contributed by atoms with E-state index in [0.717, 1.165) is 36.0 Å². The highest BCUT2D eigenvalue weighted by Crippen LogP contribution is 2.69. The lowest BCUT2D eigenvalue weighted by Crippen LogP contribution is -2.38. The van der Waals surface area contributed by atoms with Gasteiger partial charge in [-0.05, 0) is 60.1 Å². The fraction of sp³-hybridized carbons (Fsp3) is 0.296. The van der Waals surface area contributed by atoms with Crippen molar-refractivity contribution >= 4 is 9.84 Å². The van der Waals surface area contributed by atoms with Crippen LogP contribution in [0.15, 0.2) is 60.0 Å². The normalized spacial score (nSPS) is 21.7. The number of fused-ring (bicyclic) bond motifs is 5. The minimum Gasteiger partial charge on any atom is -0.261 e. The molecule has 37 heavy (non-hydrogen) atoms. The molecular formula is C27H23F2N5O2S. The first-order valence-corrected chi connectivity index (χ1v) is 13.7. The van der Waals surface area contributed by atoms with Crippen molar-refractivity contribution in [3.63, 3.8) is 0 Å². The van der Waals surface area contributed by atoms with Gasteiger partial charge in [-0.1, -0.05) is 19.9 Å². The molecule has 7 nitrogen and oxygen atoms in total. The van der Waals surface area contributed by atoms with Crippen LogP contribution < -0.4 is 0 Å². The summed E-state index contributed by atoms with van der Waals surface area (Å²) >= 11 is 0. The summed E-state index contributed by atoms with van der Waals surface area (Å²) in [6.07, 6.45) is 7.57. The van der Waals surface area contributed by atoms with E-state index in [1.807, 2.05) is 0 Å². The second kappa shape index (κ2) is 7.92. The summed E-state index contributed by atoms with van der Waals surface area (Å²) in [7, 11) is -3.42. The largest absolute Gasteiger partial charge is 0.261 e. The van der Waals surface area contributed by atoms with Gasteiger partial charge in [-0.2, -0.15) is 5.10 Å². The number of pyridine rings is 1. The Morgan fingerprint density at radius 1 is 0.973 bits per heavy atom. The molecule has 4 aromatic rings. The second-order valence-electron chi connectivity index (χ2n) is 10.3. The maximum absolute atomic E-state index is 14.5. The molecule has 0 amide bonds. The number of halogens is 2. The Balaban J connectivity index is 1.47. The van der Waals surface area contributed by atoms with Crippen molar-refractivity contribution in [2.45, 2.75) is 43.0 Å². The van der Waals surface area contributed by atoms with Crippen LogP contribution in [0, 0.1) is 17.0 Å². The number of nitrogens with zero attached hydrogens (tertiary/aromatic N) is 5. The van der Waals surface area contributed by atoms with Gasteiger partial charge in [-0.3, -0.25) is 4.98 Å². The molecule has 0 aliphatic heterocycles. The molecule has 10 heteroatoms. The van der Waals surface area contributed by atoms with Crippen molar-refractivity contribution in [2.24, 2.45) is 5.41 Å². The first kappa shape index (κ1) is 23.7. The lowest BCUT2D eigenvalue weighted by atomic mass is 9.66. The zero-order valence-electron chi connectivity index (χ0n) is 20.4. The molecule has 3 heterocycles. The van der Waals surface area contributed by atoms with Gasteiger partial charge in [0.1, 0.15) is 11.6 Å². The van der Waals surface area contributed by atoms with Gasteiger partial charge in [0.15, 0.2) is 14.9 Å². The summed E-state index contributed by atoms with van der Waals surface area (Å²) in [6.45, 7) is 4.32. The monoisotopic (exact) mass is 519 g/mol. The Hall–Kier alpha value is -3.66. The predicted octanol–water partition coefficient (Wildman–Crippen LogP) is 4.88. The van der Waals surface area contributed by atoms with Crippen LogP contribution in [-0.4, -0.2) is 39.8 Å². The molecular weight excluding hydrogens is 496 g/mol. The topological polar surface area (TPSA) is 98.6 Å². The standard InChI is InChI=1S/C27H23F2N5O2S/c1-26(2)17-9-10-27(26,25-16(17)11-20(33-34-25)24-18(28)5-4-6-19(24)29)22-14-30-13-21(32-22)15-7-8-23(31-12-15)37(3,35)36/h4-8,11-14,17H,9-10H2,1-3H3/t17-,27-/m0/s1. The molecule has 1 aromatic carbocycles. The molecule has 0 spiro atoms. The van der Waals surface area contributed by atoms with Crippen LogP contribution in [0.2, 0.25) is 0 Å². The van der Waals surface area contributed by atoms with E-state index in [4.69, 9.17) is 4.98 Å². The molecule has 2 bridgehead atoms. The van der Waals surface area contributed by atoms with E-state index < -0.39 is 26.9 Å². The Kier molecular flexibility index (Phi) is 5.08. The molecule has 1 fully saturated rings. The summed E-state index contributed by atoms with van der Waals surface area (Å²) in [4.78, 5) is 13.5. The Bertz CT molecular complexity index is 1650. The van der Waals surface area contributed by atoms with E-state index in [0.29, 0.717) is 11.3 Å². The van der Waals surface area contributed by atoms with Crippen LogP contribution in [0.1, 0.15) is 49.6 Å². The average Bonchev–Trinajstić information content (AvgIpc) is 3.24. The SMILES string of the molecule is CC1(C)[C@H]2CC[C@]1(c1cncc(-c3ccc(S(C)(=O)=O)nc3)n1)c1nnc(-c3c(F)cccc3F)cc12. The van der Waals surface area contributed by atoms with Gasteiger partial charge in [0.05, 0.1) is 40.0 Å². The van der Waals surface area contributed by atoms with Crippen LogP contribution >= 0.6 is 0 Å². The highest BCUT2D eigenvalue weighted by atomic mass is 32.2. The summed E-state index contributed by atoms with van der Waals surface area (Å²) < 4.78 is 52.6. The van der Waals surface area contributed by atoms with Crippen LogP contribution in [-0.2, 0) is 15.3 Å². The van der Waals surface area contributed by atoms with Gasteiger partial charge in [0, 0.05) is 24.2 Å². The summed E-state index contributed by atoms with van der Waals surface area (Å²) in [6, 6.07) is 8.63. The molecule has 0 radical (unpaired) electrons. The summed E-state index contributed by atoms with van der Waals surface area (Å²) in [5.74, 6) is -1.26. The number of hydrogen-bond acceptors (Lipinski definition) is 7. The van der Waals surface area contributed by atoms with Crippen LogP contribution in [0.25, 0.3) is 22.5 Å². The van der Waals surface area contributed by atoms with Crippen LogP contribution in [0.3, 0.4) is 0 Å². The van der Waals surface area contributed by atoms with E-state index in [-0.39, 0.29) is 27.6 Å². The maximum atomic E-state index is 14.5. The average molecular weight is 520 g/mol. The molecule has 2 aliphatic rings. The number of benzene rings is 1. The lowest BCUT2D eigenvalue weighted by Gasteiger charge is -2.37. The van der Waals surface area contributed by atoms with Crippen LogP contribution in [0.5, 0.6) is 0 Å². The number of sulfone groups is 1. The fourth-order valence-electron chi connectivity index (χ4n) is 6.22. The van der Waals surface area contributed by atoms with Gasteiger partial charge < -0.3 is 0 Å². The number of hydrogen-bond donors (Lipinski definition) is 0. The van der Waals surface area contributed by atoms with E-state index in [2.05, 4.69) is 34.0 Å². The molecule has 0 unspecified atom stereocenters. The molecule has 6 rings (SSSR count). The third-order valence-corrected chi connectivity index (χ3v) is 9.09. The van der Waals surface area contributed by atoms with Gasteiger partial charge in [0.25, 0.3) is 0 Å². The first-order valence-electron chi connectivity index (χ1n) is 11.9. The quantitative estimate of drug-likeness (QED) is 0.379.